The Morgan fingerprint density at radius 3 is 2.39 bits per heavy atom. The molecular formula is C23H19ClF6N4O2. The molecule has 0 radical (unpaired) electrons. The highest BCUT2D eigenvalue weighted by atomic mass is 35.5. The van der Waals surface area contributed by atoms with Crippen molar-refractivity contribution in [1.29, 1.82) is 0 Å². The van der Waals surface area contributed by atoms with Crippen molar-refractivity contribution in [3.05, 3.63) is 63.9 Å². The molecule has 0 bridgehead atoms. The number of benzene rings is 1. The molecule has 4 rings (SSSR count). The van der Waals surface area contributed by atoms with Crippen molar-refractivity contribution in [1.82, 2.24) is 19.8 Å². The van der Waals surface area contributed by atoms with Crippen molar-refractivity contribution in [3.63, 3.8) is 0 Å². The van der Waals surface area contributed by atoms with Crippen molar-refractivity contribution >= 4 is 34.4 Å². The molecule has 3 aromatic rings. The number of nitrogens with zero attached hydrogens (tertiary/aromatic N) is 3. The molecule has 1 aliphatic carbocycles. The summed E-state index contributed by atoms with van der Waals surface area (Å²) in [7, 11) is 2.23. The smallest absolute Gasteiger partial charge is 0.349 e. The van der Waals surface area contributed by atoms with E-state index in [1.54, 1.807) is 0 Å². The van der Waals surface area contributed by atoms with Crippen LogP contribution in [0.5, 0.6) is 0 Å². The maximum atomic E-state index is 14.0. The normalized spacial score (nSPS) is 15.1. The monoisotopic (exact) mass is 532 g/mol. The maximum absolute atomic E-state index is 14.0. The van der Waals surface area contributed by atoms with Gasteiger partial charge in [-0.3, -0.25) is 9.59 Å². The van der Waals surface area contributed by atoms with Crippen LogP contribution in [-0.2, 0) is 13.2 Å². The Hall–Kier alpha value is -3.28. The molecule has 0 spiro atoms. The lowest BCUT2D eigenvalue weighted by Gasteiger charge is -2.30. The first kappa shape index (κ1) is 25.8. The van der Waals surface area contributed by atoms with Crippen LogP contribution in [-0.4, -0.2) is 45.5 Å². The van der Waals surface area contributed by atoms with Gasteiger partial charge in [-0.15, -0.1) is 0 Å². The predicted molar refractivity (Wildman–Crippen MR) is 119 cm³/mol. The number of amides is 2. The molecule has 2 aromatic heterocycles. The highest BCUT2D eigenvalue weighted by molar-refractivity contribution is 6.33. The number of aryl methyl sites for hydroxylation is 1. The molecule has 1 aliphatic rings. The van der Waals surface area contributed by atoms with E-state index in [2.05, 4.69) is 10.3 Å². The van der Waals surface area contributed by atoms with Crippen LogP contribution in [0.2, 0.25) is 5.15 Å². The fourth-order valence-electron chi connectivity index (χ4n) is 3.90. The van der Waals surface area contributed by atoms with Crippen molar-refractivity contribution in [2.24, 2.45) is 7.05 Å². The lowest BCUT2D eigenvalue weighted by Crippen LogP contribution is -2.40. The Kier molecular flexibility index (Phi) is 6.44. The third kappa shape index (κ3) is 4.99. The highest BCUT2D eigenvalue weighted by Gasteiger charge is 2.46. The summed E-state index contributed by atoms with van der Waals surface area (Å²) in [6.45, 7) is 0. The van der Waals surface area contributed by atoms with Crippen LogP contribution in [0.3, 0.4) is 0 Å². The number of hydrogen-bond acceptors (Lipinski definition) is 3. The number of rotatable bonds is 5. The topological polar surface area (TPSA) is 67.2 Å². The summed E-state index contributed by atoms with van der Waals surface area (Å²) >= 11 is 6.15. The van der Waals surface area contributed by atoms with Gasteiger partial charge in [-0.05, 0) is 42.7 Å². The molecule has 0 aliphatic heterocycles. The molecule has 1 unspecified atom stereocenters. The first-order valence-corrected chi connectivity index (χ1v) is 11.0. The summed E-state index contributed by atoms with van der Waals surface area (Å²) in [6, 6.07) is 2.78. The van der Waals surface area contributed by atoms with Crippen LogP contribution >= 0.6 is 11.6 Å². The van der Waals surface area contributed by atoms with E-state index >= 15 is 0 Å². The SMILES string of the molecule is CN(C(=O)c1cc2cc(C(=O)NC3CC3)c(Cl)nc2n1C)C(c1cccc(C(F)(F)F)c1)C(F)(F)F. The number of carbonyl (C=O) groups excluding carboxylic acids is 2. The molecule has 1 atom stereocenters. The highest BCUT2D eigenvalue weighted by Crippen LogP contribution is 2.40. The lowest BCUT2D eigenvalue weighted by molar-refractivity contribution is -0.176. The first-order chi connectivity index (χ1) is 16.7. The minimum absolute atomic E-state index is 0.0426. The van der Waals surface area contributed by atoms with E-state index in [0.29, 0.717) is 17.0 Å². The zero-order chi connectivity index (χ0) is 26.6. The number of pyridine rings is 1. The fourth-order valence-corrected chi connectivity index (χ4v) is 4.12. The zero-order valence-electron chi connectivity index (χ0n) is 18.8. The summed E-state index contributed by atoms with van der Waals surface area (Å²) in [5, 5.41) is 2.89. The van der Waals surface area contributed by atoms with E-state index in [0.717, 1.165) is 32.0 Å². The van der Waals surface area contributed by atoms with Gasteiger partial charge in [-0.1, -0.05) is 23.7 Å². The summed E-state index contributed by atoms with van der Waals surface area (Å²) < 4.78 is 82.6. The maximum Gasteiger partial charge on any atom is 0.416 e. The first-order valence-electron chi connectivity index (χ1n) is 10.7. The van der Waals surface area contributed by atoms with E-state index in [9.17, 15) is 35.9 Å². The Labute approximate surface area is 205 Å². The van der Waals surface area contributed by atoms with Crippen LogP contribution in [0, 0.1) is 0 Å². The molecule has 1 aromatic carbocycles. The Morgan fingerprint density at radius 2 is 1.81 bits per heavy atom. The van der Waals surface area contributed by atoms with Crippen molar-refractivity contribution < 1.29 is 35.9 Å². The Bertz CT molecular complexity index is 1350. The summed E-state index contributed by atoms with van der Waals surface area (Å²) in [4.78, 5) is 30.1. The second-order valence-electron chi connectivity index (χ2n) is 8.56. The van der Waals surface area contributed by atoms with E-state index in [1.807, 2.05) is 0 Å². The van der Waals surface area contributed by atoms with Crippen LogP contribution in [0.1, 0.15) is 50.9 Å². The van der Waals surface area contributed by atoms with Crippen LogP contribution in [0.25, 0.3) is 11.0 Å². The van der Waals surface area contributed by atoms with E-state index in [4.69, 9.17) is 11.6 Å². The van der Waals surface area contributed by atoms with Gasteiger partial charge in [-0.2, -0.15) is 26.3 Å². The van der Waals surface area contributed by atoms with Gasteiger partial charge in [0.15, 0.2) is 6.04 Å². The standard InChI is InChI=1S/C23H19ClF6N4O2/c1-33-16(10-12-9-15(18(24)32-19(12)33)20(35)31-14-6-7-14)21(36)34(2)17(23(28,29)30)11-4-3-5-13(8-11)22(25,26)27/h3-5,8-10,14,17H,6-7H2,1-2H3,(H,31,35). The summed E-state index contributed by atoms with van der Waals surface area (Å²) in [5.74, 6) is -1.58. The summed E-state index contributed by atoms with van der Waals surface area (Å²) in [6.07, 6.45) is -8.27. The molecule has 1 N–H and O–H groups in total. The largest absolute Gasteiger partial charge is 0.416 e. The number of halogens is 7. The molecule has 13 heteroatoms. The van der Waals surface area contributed by atoms with Gasteiger partial charge in [-0.25, -0.2) is 4.98 Å². The third-order valence-electron chi connectivity index (χ3n) is 5.88. The molecule has 192 valence electrons. The molecule has 6 nitrogen and oxygen atoms in total. The molecular weight excluding hydrogens is 514 g/mol. The predicted octanol–water partition coefficient (Wildman–Crippen LogP) is 5.51. The number of aromatic nitrogens is 2. The molecule has 1 fully saturated rings. The van der Waals surface area contributed by atoms with Crippen molar-refractivity contribution in [2.45, 2.75) is 37.3 Å². The number of nitrogens with one attached hydrogen (secondary N) is 1. The van der Waals surface area contributed by atoms with Gasteiger partial charge < -0.3 is 14.8 Å². The zero-order valence-corrected chi connectivity index (χ0v) is 19.6. The number of hydrogen-bond donors (Lipinski definition) is 1. The van der Waals surface area contributed by atoms with Crippen molar-refractivity contribution in [2.75, 3.05) is 7.05 Å². The number of fused-ring (bicyclic) bond motifs is 1. The average molecular weight is 533 g/mol. The Morgan fingerprint density at radius 1 is 1.14 bits per heavy atom. The quantitative estimate of drug-likeness (QED) is 0.348. The van der Waals surface area contributed by atoms with E-state index in [-0.39, 0.29) is 33.5 Å². The molecule has 0 saturated heterocycles. The number of alkyl halides is 6. The van der Waals surface area contributed by atoms with Crippen molar-refractivity contribution in [3.8, 4) is 0 Å². The minimum atomic E-state index is -5.07. The van der Waals surface area contributed by atoms with Gasteiger partial charge in [0, 0.05) is 25.5 Å². The van der Waals surface area contributed by atoms with E-state index < -0.39 is 41.3 Å². The molecule has 1 saturated carbocycles. The molecule has 2 heterocycles. The second-order valence-corrected chi connectivity index (χ2v) is 8.92. The van der Waals surface area contributed by atoms with Gasteiger partial charge in [0.05, 0.1) is 11.1 Å². The summed E-state index contributed by atoms with van der Waals surface area (Å²) in [5.41, 5.74) is -2.05. The second kappa shape index (κ2) is 8.99. The Balaban J connectivity index is 1.72. The molecule has 36 heavy (non-hydrogen) atoms. The average Bonchev–Trinajstić information content (AvgIpc) is 3.53. The van der Waals surface area contributed by atoms with E-state index in [1.165, 1.54) is 23.7 Å². The lowest BCUT2D eigenvalue weighted by atomic mass is 10.0. The van der Waals surface area contributed by atoms with Crippen LogP contribution in [0.15, 0.2) is 36.4 Å². The fraction of sp³-hybridized carbons (Fsp3) is 0.348. The van der Waals surface area contributed by atoms with Gasteiger partial charge in [0.2, 0.25) is 0 Å². The third-order valence-corrected chi connectivity index (χ3v) is 6.17. The minimum Gasteiger partial charge on any atom is -0.349 e. The molecule has 2 amide bonds. The van der Waals surface area contributed by atoms with Gasteiger partial charge in [0.1, 0.15) is 16.5 Å². The number of carbonyl (C=O) groups is 2. The van der Waals surface area contributed by atoms with Gasteiger partial charge >= 0.3 is 12.4 Å². The van der Waals surface area contributed by atoms with Crippen LogP contribution in [0.4, 0.5) is 26.3 Å². The van der Waals surface area contributed by atoms with Gasteiger partial charge in [0.25, 0.3) is 11.8 Å². The van der Waals surface area contributed by atoms with Crippen LogP contribution < -0.4 is 5.32 Å².